The number of carbonyl (C=O) groups excluding carboxylic acids is 2. The average molecular weight is 261 g/mol. The first-order valence-electron chi connectivity index (χ1n) is 4.46. The van der Waals surface area contributed by atoms with E-state index in [0.717, 1.165) is 0 Å². The fraction of sp³-hybridized carbons (Fsp3) is 0.200. The van der Waals surface area contributed by atoms with Gasteiger partial charge < -0.3 is 10.6 Å². The van der Waals surface area contributed by atoms with Crippen molar-refractivity contribution >= 4 is 40.7 Å². The molecule has 1 aromatic carbocycles. The third-order valence-electron chi connectivity index (χ3n) is 1.85. The van der Waals surface area contributed by atoms with Crippen LogP contribution in [-0.2, 0) is 4.79 Å². The van der Waals surface area contributed by atoms with Crippen LogP contribution in [0.1, 0.15) is 10.4 Å². The van der Waals surface area contributed by atoms with Crippen molar-refractivity contribution in [3.8, 4) is 0 Å². The molecule has 0 fully saturated rings. The van der Waals surface area contributed by atoms with Crippen molar-refractivity contribution in [2.75, 3.05) is 18.2 Å². The normalized spacial score (nSPS) is 9.69. The highest BCUT2D eigenvalue weighted by Crippen LogP contribution is 2.23. The minimum absolute atomic E-state index is 0.145. The molecule has 0 saturated heterocycles. The van der Waals surface area contributed by atoms with Crippen molar-refractivity contribution < 1.29 is 9.59 Å². The minimum atomic E-state index is -0.351. The lowest BCUT2D eigenvalue weighted by Crippen LogP contribution is -2.18. The van der Waals surface area contributed by atoms with Crippen LogP contribution in [-0.4, -0.2) is 24.7 Å². The van der Waals surface area contributed by atoms with Crippen LogP contribution in [0.5, 0.6) is 0 Å². The zero-order chi connectivity index (χ0) is 12.1. The van der Waals surface area contributed by atoms with Gasteiger partial charge in [0.25, 0.3) is 5.91 Å². The van der Waals surface area contributed by atoms with Gasteiger partial charge in [-0.25, -0.2) is 0 Å². The number of rotatable bonds is 3. The van der Waals surface area contributed by atoms with Crippen molar-refractivity contribution in [1.82, 2.24) is 5.32 Å². The number of nitrogens with one attached hydrogen (secondary N) is 2. The van der Waals surface area contributed by atoms with E-state index in [1.807, 2.05) is 0 Å². The van der Waals surface area contributed by atoms with Crippen molar-refractivity contribution in [2.24, 2.45) is 0 Å². The molecule has 0 unspecified atom stereocenters. The highest BCUT2D eigenvalue weighted by molar-refractivity contribution is 6.35. The van der Waals surface area contributed by atoms with E-state index in [9.17, 15) is 9.59 Å². The second-order valence-electron chi connectivity index (χ2n) is 2.96. The molecule has 16 heavy (non-hydrogen) atoms. The highest BCUT2D eigenvalue weighted by Gasteiger charge is 2.08. The smallest absolute Gasteiger partial charge is 0.251 e. The Bertz CT molecular complexity index is 421. The molecule has 6 heteroatoms. The molecule has 0 aromatic heterocycles. The summed E-state index contributed by atoms with van der Waals surface area (Å²) in [5, 5.41) is 5.27. The van der Waals surface area contributed by atoms with Crippen LogP contribution in [0, 0.1) is 0 Å². The predicted molar refractivity (Wildman–Crippen MR) is 64.2 cm³/mol. The molecule has 0 heterocycles. The monoisotopic (exact) mass is 260 g/mol. The van der Waals surface area contributed by atoms with E-state index < -0.39 is 0 Å². The number of benzene rings is 1. The first-order valence-corrected chi connectivity index (χ1v) is 5.37. The maximum atomic E-state index is 11.3. The van der Waals surface area contributed by atoms with Crippen LogP contribution in [0.4, 0.5) is 5.69 Å². The molecule has 1 rings (SSSR count). The molecule has 0 aliphatic rings. The van der Waals surface area contributed by atoms with Gasteiger partial charge in [0.05, 0.1) is 10.7 Å². The number of carbonyl (C=O) groups is 2. The van der Waals surface area contributed by atoms with Crippen LogP contribution in [0.15, 0.2) is 18.2 Å². The van der Waals surface area contributed by atoms with E-state index in [0.29, 0.717) is 16.3 Å². The Kier molecular flexibility index (Phi) is 4.58. The van der Waals surface area contributed by atoms with Crippen molar-refractivity contribution in [3.05, 3.63) is 28.8 Å². The van der Waals surface area contributed by atoms with E-state index in [1.54, 1.807) is 12.1 Å². The quantitative estimate of drug-likeness (QED) is 0.816. The van der Waals surface area contributed by atoms with Gasteiger partial charge in [-0.3, -0.25) is 9.59 Å². The van der Waals surface area contributed by atoms with E-state index in [1.165, 1.54) is 13.1 Å². The van der Waals surface area contributed by atoms with Crippen LogP contribution in [0.25, 0.3) is 0 Å². The standard InChI is InChI=1S/C10H10Cl2N2O2/c1-13-10(16)6-2-3-8(7(12)4-6)14-9(15)5-11/h2-4H,5H2,1H3,(H,13,16)(H,14,15). The summed E-state index contributed by atoms with van der Waals surface area (Å²) < 4.78 is 0. The zero-order valence-electron chi connectivity index (χ0n) is 8.51. The van der Waals surface area contributed by atoms with E-state index in [-0.39, 0.29) is 17.7 Å². The molecular formula is C10H10Cl2N2O2. The molecule has 2 N–H and O–H groups in total. The fourth-order valence-electron chi connectivity index (χ4n) is 1.09. The Morgan fingerprint density at radius 1 is 1.38 bits per heavy atom. The first-order chi connectivity index (χ1) is 7.58. The molecule has 0 aliphatic heterocycles. The van der Waals surface area contributed by atoms with Crippen molar-refractivity contribution in [1.29, 1.82) is 0 Å². The largest absolute Gasteiger partial charge is 0.355 e. The lowest BCUT2D eigenvalue weighted by atomic mass is 10.2. The molecule has 86 valence electrons. The first kappa shape index (κ1) is 12.8. The molecule has 0 saturated carbocycles. The van der Waals surface area contributed by atoms with Gasteiger partial charge in [0, 0.05) is 12.6 Å². The summed E-state index contributed by atoms with van der Waals surface area (Å²) in [5.41, 5.74) is 0.858. The van der Waals surface area contributed by atoms with Gasteiger partial charge in [-0.15, -0.1) is 11.6 Å². The summed E-state index contributed by atoms with van der Waals surface area (Å²) in [5.74, 6) is -0.735. The maximum absolute atomic E-state index is 11.3. The summed E-state index contributed by atoms with van der Waals surface area (Å²) in [6.07, 6.45) is 0. The Labute approximate surface area is 103 Å². The molecule has 2 amide bonds. The number of halogens is 2. The Morgan fingerprint density at radius 2 is 2.06 bits per heavy atom. The van der Waals surface area contributed by atoms with Crippen LogP contribution in [0.2, 0.25) is 5.02 Å². The van der Waals surface area contributed by atoms with Gasteiger partial charge in [0.1, 0.15) is 5.88 Å². The zero-order valence-corrected chi connectivity index (χ0v) is 10.0. The number of alkyl halides is 1. The topological polar surface area (TPSA) is 58.2 Å². The average Bonchev–Trinajstić information content (AvgIpc) is 2.30. The fourth-order valence-corrected chi connectivity index (χ4v) is 1.38. The maximum Gasteiger partial charge on any atom is 0.251 e. The van der Waals surface area contributed by atoms with Gasteiger partial charge >= 0.3 is 0 Å². The molecule has 4 nitrogen and oxygen atoms in total. The summed E-state index contributed by atoms with van der Waals surface area (Å²) in [7, 11) is 1.53. The SMILES string of the molecule is CNC(=O)c1ccc(NC(=O)CCl)c(Cl)c1. The Balaban J connectivity index is 2.91. The lowest BCUT2D eigenvalue weighted by Gasteiger charge is -2.07. The molecular weight excluding hydrogens is 251 g/mol. The summed E-state index contributed by atoms with van der Waals surface area (Å²) >= 11 is 11.2. The predicted octanol–water partition coefficient (Wildman–Crippen LogP) is 1.88. The Morgan fingerprint density at radius 3 is 2.56 bits per heavy atom. The molecule has 0 bridgehead atoms. The molecule has 0 aliphatic carbocycles. The highest BCUT2D eigenvalue weighted by atomic mass is 35.5. The van der Waals surface area contributed by atoms with E-state index in [2.05, 4.69) is 10.6 Å². The van der Waals surface area contributed by atoms with Crippen molar-refractivity contribution in [2.45, 2.75) is 0 Å². The van der Waals surface area contributed by atoms with Crippen LogP contribution < -0.4 is 10.6 Å². The third kappa shape index (κ3) is 3.12. The number of hydrogen-bond acceptors (Lipinski definition) is 2. The molecule has 0 radical (unpaired) electrons. The summed E-state index contributed by atoms with van der Waals surface area (Å²) in [6, 6.07) is 4.59. The number of anilines is 1. The lowest BCUT2D eigenvalue weighted by molar-refractivity contribution is -0.113. The molecule has 1 aromatic rings. The van der Waals surface area contributed by atoms with Gasteiger partial charge in [-0.05, 0) is 18.2 Å². The molecule has 0 spiro atoms. The van der Waals surface area contributed by atoms with Gasteiger partial charge in [-0.2, -0.15) is 0 Å². The van der Waals surface area contributed by atoms with Crippen molar-refractivity contribution in [3.63, 3.8) is 0 Å². The Hall–Kier alpha value is -1.26. The third-order valence-corrected chi connectivity index (χ3v) is 2.41. The summed E-state index contributed by atoms with van der Waals surface area (Å²) in [4.78, 5) is 22.3. The van der Waals surface area contributed by atoms with Crippen LogP contribution >= 0.6 is 23.2 Å². The van der Waals surface area contributed by atoms with E-state index in [4.69, 9.17) is 23.2 Å². The molecule has 0 atom stereocenters. The van der Waals surface area contributed by atoms with Crippen LogP contribution in [0.3, 0.4) is 0 Å². The number of hydrogen-bond donors (Lipinski definition) is 2. The number of amides is 2. The summed E-state index contributed by atoms with van der Waals surface area (Å²) in [6.45, 7) is 0. The van der Waals surface area contributed by atoms with Gasteiger partial charge in [0.2, 0.25) is 5.91 Å². The van der Waals surface area contributed by atoms with Gasteiger partial charge in [0.15, 0.2) is 0 Å². The second-order valence-corrected chi connectivity index (χ2v) is 3.63. The van der Waals surface area contributed by atoms with Gasteiger partial charge in [-0.1, -0.05) is 11.6 Å². The second kappa shape index (κ2) is 5.72. The minimum Gasteiger partial charge on any atom is -0.355 e. The van der Waals surface area contributed by atoms with E-state index >= 15 is 0 Å².